The monoisotopic (exact) mass is 457 g/mol. The molecule has 0 bridgehead atoms. The van der Waals surface area contributed by atoms with E-state index in [0.29, 0.717) is 16.6 Å². The van der Waals surface area contributed by atoms with Crippen molar-refractivity contribution in [3.8, 4) is 0 Å². The largest absolute Gasteiger partial charge is 0.265 e. The smallest absolute Gasteiger partial charge is 0.263 e. The number of hydrogen-bond acceptors (Lipinski definition) is 3. The second-order valence-corrected chi connectivity index (χ2v) is 9.19. The summed E-state index contributed by atoms with van der Waals surface area (Å²) in [4.78, 5) is 0.152. The zero-order valence-electron chi connectivity index (χ0n) is 15.0. The lowest BCUT2D eigenvalue weighted by Gasteiger charge is -2.07. The molecule has 5 nitrogen and oxygen atoms in total. The Balaban J connectivity index is 1.78. The number of rotatable bonds is 7. The summed E-state index contributed by atoms with van der Waals surface area (Å²) < 4.78 is 29.2. The van der Waals surface area contributed by atoms with Crippen molar-refractivity contribution in [1.82, 2.24) is 9.78 Å². The molecule has 1 heterocycles. The van der Waals surface area contributed by atoms with Crippen molar-refractivity contribution in [3.63, 3.8) is 0 Å². The van der Waals surface area contributed by atoms with Crippen LogP contribution in [0.15, 0.2) is 53.6 Å². The second kappa shape index (κ2) is 8.74. The Morgan fingerprint density at radius 2 is 1.75 bits per heavy atom. The molecule has 1 aromatic heterocycles. The molecule has 0 saturated heterocycles. The summed E-state index contributed by atoms with van der Waals surface area (Å²) in [5, 5.41) is 5.45. The van der Waals surface area contributed by atoms with Gasteiger partial charge in [-0.1, -0.05) is 66.3 Å². The van der Waals surface area contributed by atoms with Crippen LogP contribution in [-0.2, 0) is 23.0 Å². The van der Waals surface area contributed by atoms with Gasteiger partial charge in [0.25, 0.3) is 10.0 Å². The number of aryl methyl sites for hydroxylation is 1. The molecule has 1 N–H and O–H groups in total. The van der Waals surface area contributed by atoms with Crippen molar-refractivity contribution in [2.24, 2.45) is 0 Å². The van der Waals surface area contributed by atoms with Crippen molar-refractivity contribution >= 4 is 50.6 Å². The summed E-state index contributed by atoms with van der Waals surface area (Å²) in [6.07, 6.45) is 3.43. The maximum Gasteiger partial charge on any atom is 0.263 e. The van der Waals surface area contributed by atoms with E-state index < -0.39 is 10.0 Å². The molecule has 0 aliphatic rings. The minimum absolute atomic E-state index is 0.0596. The summed E-state index contributed by atoms with van der Waals surface area (Å²) in [7, 11) is -3.79. The van der Waals surface area contributed by atoms with Crippen LogP contribution >= 0.6 is 34.8 Å². The maximum atomic E-state index is 12.6. The molecule has 148 valence electrons. The van der Waals surface area contributed by atoms with Crippen molar-refractivity contribution in [2.75, 3.05) is 4.72 Å². The van der Waals surface area contributed by atoms with Gasteiger partial charge in [-0.25, -0.2) is 8.42 Å². The number of nitrogens with one attached hydrogen (secondary N) is 1. The molecule has 0 aliphatic carbocycles. The van der Waals surface area contributed by atoms with Crippen molar-refractivity contribution in [1.29, 1.82) is 0 Å². The highest BCUT2D eigenvalue weighted by molar-refractivity contribution is 7.92. The summed E-state index contributed by atoms with van der Waals surface area (Å²) in [5.74, 6) is 0.0596. The average Bonchev–Trinajstić information content (AvgIpc) is 2.97. The van der Waals surface area contributed by atoms with Crippen LogP contribution in [-0.4, -0.2) is 18.2 Å². The maximum absolute atomic E-state index is 12.6. The predicted octanol–water partition coefficient (Wildman–Crippen LogP) is 5.64. The van der Waals surface area contributed by atoms with Gasteiger partial charge in [-0.05, 0) is 41.8 Å². The number of hydrogen-bond donors (Lipinski definition) is 1. The van der Waals surface area contributed by atoms with E-state index in [1.165, 1.54) is 10.9 Å². The molecule has 3 aromatic rings. The standard InChI is InChI=1S/C19H18Cl3N3O2S/c1-2-3-13-4-8-16(9-5-13)28(26,27)24-19-18(22)12-25(23-19)11-14-6-7-15(20)10-17(14)21/h4-10,12H,2-3,11H2,1H3,(H,23,24). The van der Waals surface area contributed by atoms with Crippen LogP contribution in [0.3, 0.4) is 0 Å². The Labute approximate surface area is 179 Å². The van der Waals surface area contributed by atoms with E-state index in [9.17, 15) is 8.42 Å². The molecule has 28 heavy (non-hydrogen) atoms. The first-order valence-corrected chi connectivity index (χ1v) is 11.2. The highest BCUT2D eigenvalue weighted by Crippen LogP contribution is 2.26. The minimum atomic E-state index is -3.79. The van der Waals surface area contributed by atoms with E-state index >= 15 is 0 Å². The van der Waals surface area contributed by atoms with Crippen LogP contribution in [0.4, 0.5) is 5.82 Å². The Bertz CT molecular complexity index is 1080. The molecule has 0 amide bonds. The first-order chi connectivity index (χ1) is 13.3. The lowest BCUT2D eigenvalue weighted by Crippen LogP contribution is -2.14. The van der Waals surface area contributed by atoms with Gasteiger partial charge < -0.3 is 0 Å². The minimum Gasteiger partial charge on any atom is -0.265 e. The number of benzene rings is 2. The Kier molecular flexibility index (Phi) is 6.55. The average molecular weight is 459 g/mol. The topological polar surface area (TPSA) is 64.0 Å². The zero-order chi connectivity index (χ0) is 20.3. The number of nitrogens with zero attached hydrogens (tertiary/aromatic N) is 2. The zero-order valence-corrected chi connectivity index (χ0v) is 18.1. The lowest BCUT2D eigenvalue weighted by atomic mass is 10.1. The van der Waals surface area contributed by atoms with E-state index in [4.69, 9.17) is 34.8 Å². The molecule has 3 rings (SSSR count). The van der Waals surface area contributed by atoms with Gasteiger partial charge in [-0.15, -0.1) is 0 Å². The fourth-order valence-electron chi connectivity index (χ4n) is 2.68. The third-order valence-electron chi connectivity index (χ3n) is 4.07. The molecular formula is C19H18Cl3N3O2S. The molecular weight excluding hydrogens is 441 g/mol. The van der Waals surface area contributed by atoms with Crippen molar-refractivity contribution in [2.45, 2.75) is 31.2 Å². The first-order valence-electron chi connectivity index (χ1n) is 8.57. The number of halogens is 3. The molecule has 0 atom stereocenters. The molecule has 0 spiro atoms. The summed E-state index contributed by atoms with van der Waals surface area (Å²) >= 11 is 18.3. The molecule has 0 saturated carbocycles. The number of anilines is 1. The molecule has 0 radical (unpaired) electrons. The van der Waals surface area contributed by atoms with Gasteiger partial charge in [0, 0.05) is 16.2 Å². The molecule has 9 heteroatoms. The van der Waals surface area contributed by atoms with Crippen LogP contribution in [0.2, 0.25) is 15.1 Å². The van der Waals surface area contributed by atoms with Gasteiger partial charge in [0.2, 0.25) is 0 Å². The van der Waals surface area contributed by atoms with Crippen molar-refractivity contribution in [3.05, 3.63) is 74.9 Å². The normalized spacial score (nSPS) is 11.6. The highest BCUT2D eigenvalue weighted by Gasteiger charge is 2.18. The molecule has 2 aromatic carbocycles. The number of aromatic nitrogens is 2. The van der Waals surface area contributed by atoms with E-state index in [-0.39, 0.29) is 15.7 Å². The van der Waals surface area contributed by atoms with E-state index in [2.05, 4.69) is 16.7 Å². The van der Waals surface area contributed by atoms with E-state index in [1.807, 2.05) is 0 Å². The van der Waals surface area contributed by atoms with Crippen LogP contribution in [0.1, 0.15) is 24.5 Å². The quantitative estimate of drug-likeness (QED) is 0.498. The van der Waals surface area contributed by atoms with Gasteiger partial charge in [0.15, 0.2) is 5.82 Å². The SMILES string of the molecule is CCCc1ccc(S(=O)(=O)Nc2nn(Cc3ccc(Cl)cc3Cl)cc2Cl)cc1. The van der Waals surface area contributed by atoms with Gasteiger partial charge in [0.1, 0.15) is 5.02 Å². The Hall–Kier alpha value is -1.73. The predicted molar refractivity (Wildman–Crippen MR) is 114 cm³/mol. The van der Waals surface area contributed by atoms with Crippen LogP contribution in [0.5, 0.6) is 0 Å². The van der Waals surface area contributed by atoms with E-state index in [0.717, 1.165) is 24.0 Å². The third-order valence-corrected chi connectivity index (χ3v) is 6.29. The van der Waals surface area contributed by atoms with Crippen LogP contribution in [0.25, 0.3) is 0 Å². The second-order valence-electron chi connectivity index (χ2n) is 6.26. The van der Waals surface area contributed by atoms with E-state index in [1.54, 1.807) is 42.5 Å². The molecule has 0 fully saturated rings. The Morgan fingerprint density at radius 3 is 2.39 bits per heavy atom. The Morgan fingerprint density at radius 1 is 1.04 bits per heavy atom. The van der Waals surface area contributed by atoms with Gasteiger partial charge >= 0.3 is 0 Å². The van der Waals surface area contributed by atoms with Crippen LogP contribution < -0.4 is 4.72 Å². The van der Waals surface area contributed by atoms with Crippen molar-refractivity contribution < 1.29 is 8.42 Å². The summed E-state index contributed by atoms with van der Waals surface area (Å²) in [6, 6.07) is 11.9. The van der Waals surface area contributed by atoms with Crippen LogP contribution in [0, 0.1) is 0 Å². The van der Waals surface area contributed by atoms with Gasteiger partial charge in [0.05, 0.1) is 11.4 Å². The molecule has 0 aliphatic heterocycles. The molecule has 0 unspecified atom stereocenters. The fourth-order valence-corrected chi connectivity index (χ4v) is 4.42. The first kappa shape index (κ1) is 21.0. The summed E-state index contributed by atoms with van der Waals surface area (Å²) in [6.45, 7) is 2.39. The highest BCUT2D eigenvalue weighted by atomic mass is 35.5. The van der Waals surface area contributed by atoms with Gasteiger partial charge in [-0.2, -0.15) is 5.10 Å². The summed E-state index contributed by atoms with van der Waals surface area (Å²) in [5.41, 5.74) is 1.87. The fraction of sp³-hybridized carbons (Fsp3) is 0.211. The lowest BCUT2D eigenvalue weighted by molar-refractivity contribution is 0.600. The third kappa shape index (κ3) is 5.00. The number of sulfonamides is 1. The van der Waals surface area contributed by atoms with Gasteiger partial charge in [-0.3, -0.25) is 9.40 Å².